The molecule has 0 bridgehead atoms. The zero-order chi connectivity index (χ0) is 11.7. The fraction of sp³-hybridized carbons (Fsp3) is 1.00. The van der Waals surface area contributed by atoms with Gasteiger partial charge in [-0.1, -0.05) is 13.3 Å². The molecule has 2 heterocycles. The molecule has 2 heteroatoms. The Labute approximate surface area is 105 Å². The molecule has 0 aromatic carbocycles. The lowest BCUT2D eigenvalue weighted by Crippen LogP contribution is -2.52. The van der Waals surface area contributed by atoms with E-state index in [-0.39, 0.29) is 0 Å². The maximum Gasteiger partial charge on any atom is 0.0685 e. The van der Waals surface area contributed by atoms with Crippen LogP contribution in [-0.4, -0.2) is 24.8 Å². The molecule has 3 aliphatic rings. The molecule has 1 spiro atoms. The Morgan fingerprint density at radius 2 is 2.18 bits per heavy atom. The van der Waals surface area contributed by atoms with Crippen molar-refractivity contribution >= 4 is 0 Å². The van der Waals surface area contributed by atoms with Crippen LogP contribution in [0.2, 0.25) is 0 Å². The molecule has 3 rings (SSSR count). The molecule has 0 amide bonds. The molecular formula is C15H27NO. The van der Waals surface area contributed by atoms with E-state index in [1.165, 1.54) is 57.9 Å². The quantitative estimate of drug-likeness (QED) is 0.797. The fourth-order valence-corrected chi connectivity index (χ4v) is 4.09. The predicted octanol–water partition coefficient (Wildman–Crippen LogP) is 3.11. The van der Waals surface area contributed by atoms with E-state index in [1.807, 2.05) is 0 Å². The predicted molar refractivity (Wildman–Crippen MR) is 70.1 cm³/mol. The molecule has 0 aromatic heterocycles. The topological polar surface area (TPSA) is 21.3 Å². The summed E-state index contributed by atoms with van der Waals surface area (Å²) >= 11 is 0. The van der Waals surface area contributed by atoms with Gasteiger partial charge in [0, 0.05) is 12.6 Å². The van der Waals surface area contributed by atoms with Gasteiger partial charge in [-0.15, -0.1) is 0 Å². The molecule has 2 aliphatic heterocycles. The third-order valence-electron chi connectivity index (χ3n) is 5.49. The molecule has 0 aromatic rings. The SMILES string of the molecule is CCC1CCNC(C2CCOC3(CCC3)C2)C1. The van der Waals surface area contributed by atoms with Gasteiger partial charge >= 0.3 is 0 Å². The van der Waals surface area contributed by atoms with Gasteiger partial charge in [-0.3, -0.25) is 0 Å². The number of rotatable bonds is 2. The second-order valence-electron chi connectivity index (χ2n) is 6.50. The van der Waals surface area contributed by atoms with Crippen molar-refractivity contribution in [3.05, 3.63) is 0 Å². The monoisotopic (exact) mass is 237 g/mol. The first-order chi connectivity index (χ1) is 8.31. The minimum atomic E-state index is 0.323. The van der Waals surface area contributed by atoms with Crippen LogP contribution in [0.1, 0.15) is 58.3 Å². The third kappa shape index (κ3) is 2.39. The standard InChI is InChI=1S/C15H27NO/c1-2-12-4-8-16-14(10-12)13-5-9-17-15(11-13)6-3-7-15/h12-14,16H,2-11H2,1H3. The molecular weight excluding hydrogens is 210 g/mol. The maximum atomic E-state index is 6.05. The Balaban J connectivity index is 1.59. The van der Waals surface area contributed by atoms with Gasteiger partial charge in [0.2, 0.25) is 0 Å². The van der Waals surface area contributed by atoms with Crippen LogP contribution < -0.4 is 5.32 Å². The molecule has 1 saturated carbocycles. The highest BCUT2D eigenvalue weighted by Crippen LogP contribution is 2.45. The molecule has 3 fully saturated rings. The molecule has 98 valence electrons. The lowest BCUT2D eigenvalue weighted by molar-refractivity contribution is -0.148. The lowest BCUT2D eigenvalue weighted by atomic mass is 9.69. The Morgan fingerprint density at radius 3 is 2.88 bits per heavy atom. The van der Waals surface area contributed by atoms with Crippen LogP contribution in [0.25, 0.3) is 0 Å². The summed E-state index contributed by atoms with van der Waals surface area (Å²) < 4.78 is 6.05. The lowest BCUT2D eigenvalue weighted by Gasteiger charge is -2.49. The van der Waals surface area contributed by atoms with E-state index >= 15 is 0 Å². The van der Waals surface area contributed by atoms with E-state index in [4.69, 9.17) is 4.74 Å². The third-order valence-corrected chi connectivity index (χ3v) is 5.49. The summed E-state index contributed by atoms with van der Waals surface area (Å²) in [4.78, 5) is 0. The van der Waals surface area contributed by atoms with Gasteiger partial charge < -0.3 is 10.1 Å². The molecule has 1 aliphatic carbocycles. The van der Waals surface area contributed by atoms with Crippen LogP contribution in [-0.2, 0) is 4.74 Å². The normalized spacial score (nSPS) is 41.1. The first kappa shape index (κ1) is 12.0. The summed E-state index contributed by atoms with van der Waals surface area (Å²) in [6, 6.07) is 0.787. The number of hydrogen-bond donors (Lipinski definition) is 1. The Bertz CT molecular complexity index is 262. The largest absolute Gasteiger partial charge is 0.375 e. The van der Waals surface area contributed by atoms with Gasteiger partial charge in [-0.25, -0.2) is 0 Å². The maximum absolute atomic E-state index is 6.05. The minimum Gasteiger partial charge on any atom is -0.375 e. The summed E-state index contributed by atoms with van der Waals surface area (Å²) in [5, 5.41) is 3.78. The second-order valence-corrected chi connectivity index (χ2v) is 6.50. The first-order valence-corrected chi connectivity index (χ1v) is 7.69. The molecule has 3 atom stereocenters. The number of nitrogens with one attached hydrogen (secondary N) is 1. The van der Waals surface area contributed by atoms with Crippen LogP contribution >= 0.6 is 0 Å². The van der Waals surface area contributed by atoms with E-state index < -0.39 is 0 Å². The summed E-state index contributed by atoms with van der Waals surface area (Å²) in [5.74, 6) is 1.86. The van der Waals surface area contributed by atoms with E-state index in [1.54, 1.807) is 0 Å². The van der Waals surface area contributed by atoms with E-state index in [0.717, 1.165) is 24.5 Å². The van der Waals surface area contributed by atoms with Gasteiger partial charge in [-0.05, 0) is 63.3 Å². The van der Waals surface area contributed by atoms with Gasteiger partial charge in [0.05, 0.1) is 5.60 Å². The van der Waals surface area contributed by atoms with E-state index in [0.29, 0.717) is 5.60 Å². The Hall–Kier alpha value is -0.0800. The Morgan fingerprint density at radius 1 is 1.29 bits per heavy atom. The van der Waals surface area contributed by atoms with Crippen molar-refractivity contribution in [3.63, 3.8) is 0 Å². The van der Waals surface area contributed by atoms with Crippen LogP contribution in [0.3, 0.4) is 0 Å². The van der Waals surface area contributed by atoms with Crippen LogP contribution in [0.15, 0.2) is 0 Å². The van der Waals surface area contributed by atoms with Gasteiger partial charge in [-0.2, -0.15) is 0 Å². The number of hydrogen-bond acceptors (Lipinski definition) is 2. The molecule has 3 unspecified atom stereocenters. The zero-order valence-electron chi connectivity index (χ0n) is 11.2. The van der Waals surface area contributed by atoms with Crippen LogP contribution in [0, 0.1) is 11.8 Å². The van der Waals surface area contributed by atoms with Gasteiger partial charge in [0.1, 0.15) is 0 Å². The molecule has 17 heavy (non-hydrogen) atoms. The number of piperidine rings is 1. The van der Waals surface area contributed by atoms with E-state index in [9.17, 15) is 0 Å². The Kier molecular flexibility index (Phi) is 3.45. The summed E-state index contributed by atoms with van der Waals surface area (Å²) in [6.07, 6.45) is 10.8. The average Bonchev–Trinajstić information content (AvgIpc) is 2.37. The van der Waals surface area contributed by atoms with Crippen molar-refractivity contribution in [1.82, 2.24) is 5.32 Å². The van der Waals surface area contributed by atoms with Gasteiger partial charge in [0.25, 0.3) is 0 Å². The van der Waals surface area contributed by atoms with Crippen molar-refractivity contribution in [2.75, 3.05) is 13.2 Å². The summed E-state index contributed by atoms with van der Waals surface area (Å²) in [6.45, 7) is 4.61. The second kappa shape index (κ2) is 4.89. The molecule has 1 N–H and O–H groups in total. The molecule has 2 nitrogen and oxygen atoms in total. The van der Waals surface area contributed by atoms with Crippen LogP contribution in [0.4, 0.5) is 0 Å². The van der Waals surface area contributed by atoms with Crippen molar-refractivity contribution < 1.29 is 4.74 Å². The van der Waals surface area contributed by atoms with Crippen molar-refractivity contribution in [1.29, 1.82) is 0 Å². The highest BCUT2D eigenvalue weighted by Gasteiger charge is 2.44. The van der Waals surface area contributed by atoms with Gasteiger partial charge in [0.15, 0.2) is 0 Å². The minimum absolute atomic E-state index is 0.323. The highest BCUT2D eigenvalue weighted by molar-refractivity contribution is 4.97. The van der Waals surface area contributed by atoms with Crippen molar-refractivity contribution in [2.24, 2.45) is 11.8 Å². The molecule has 2 saturated heterocycles. The fourth-order valence-electron chi connectivity index (χ4n) is 4.09. The summed E-state index contributed by atoms with van der Waals surface area (Å²) in [7, 11) is 0. The molecule has 0 radical (unpaired) electrons. The van der Waals surface area contributed by atoms with E-state index in [2.05, 4.69) is 12.2 Å². The van der Waals surface area contributed by atoms with Crippen LogP contribution in [0.5, 0.6) is 0 Å². The van der Waals surface area contributed by atoms with Crippen molar-refractivity contribution in [3.8, 4) is 0 Å². The first-order valence-electron chi connectivity index (χ1n) is 7.69. The van der Waals surface area contributed by atoms with Crippen molar-refractivity contribution in [2.45, 2.75) is 69.9 Å². The smallest absolute Gasteiger partial charge is 0.0685 e. The highest BCUT2D eigenvalue weighted by atomic mass is 16.5. The zero-order valence-corrected chi connectivity index (χ0v) is 11.2. The summed E-state index contributed by atoms with van der Waals surface area (Å²) in [5.41, 5.74) is 0.323. The number of ether oxygens (including phenoxy) is 1. The average molecular weight is 237 g/mol.